The molecular formula is C28H24N4O2. The molecule has 0 aliphatic heterocycles. The summed E-state index contributed by atoms with van der Waals surface area (Å²) in [4.78, 5) is 17.2. The molecule has 2 aromatic heterocycles. The fraction of sp³-hybridized carbons (Fsp3) is 0.107. The van der Waals surface area contributed by atoms with E-state index in [9.17, 15) is 4.79 Å². The molecule has 1 N–H and O–H groups in total. The number of hydrogen-bond acceptors (Lipinski definition) is 4. The van der Waals surface area contributed by atoms with Gasteiger partial charge in [0.2, 0.25) is 0 Å². The lowest BCUT2D eigenvalue weighted by Crippen LogP contribution is -2.18. The van der Waals surface area contributed by atoms with Crippen LogP contribution in [0.4, 0.5) is 0 Å². The number of ether oxygens (including phenoxy) is 1. The minimum absolute atomic E-state index is 0.324. The van der Waals surface area contributed by atoms with Crippen molar-refractivity contribution in [2.75, 3.05) is 7.11 Å². The molecule has 0 saturated carbocycles. The van der Waals surface area contributed by atoms with Gasteiger partial charge in [0.05, 0.1) is 24.4 Å². The Bertz CT molecular complexity index is 1570. The first-order chi connectivity index (χ1) is 16.5. The van der Waals surface area contributed by atoms with E-state index in [-0.39, 0.29) is 5.91 Å². The molecular weight excluding hydrogens is 424 g/mol. The van der Waals surface area contributed by atoms with Crippen LogP contribution < -0.4 is 10.2 Å². The van der Waals surface area contributed by atoms with E-state index < -0.39 is 0 Å². The number of rotatable bonds is 5. The number of nitrogens with one attached hydrogen (secondary N) is 1. The van der Waals surface area contributed by atoms with Gasteiger partial charge in [-0.3, -0.25) is 9.78 Å². The first kappa shape index (κ1) is 21.4. The Kier molecular flexibility index (Phi) is 5.55. The third-order valence-corrected chi connectivity index (χ3v) is 6.00. The van der Waals surface area contributed by atoms with Gasteiger partial charge in [-0.25, -0.2) is 5.43 Å². The SMILES string of the molecule is COc1cc2ccccc2cc1C(=O)N/N=C\c1cc(C)n(-c2ccc3ncccc3c2)c1C. The minimum atomic E-state index is -0.324. The Balaban J connectivity index is 1.40. The summed E-state index contributed by atoms with van der Waals surface area (Å²) in [5.41, 5.74) is 8.12. The number of fused-ring (bicyclic) bond motifs is 2. The van der Waals surface area contributed by atoms with Crippen LogP contribution in [0.5, 0.6) is 5.75 Å². The smallest absolute Gasteiger partial charge is 0.275 e. The summed E-state index contributed by atoms with van der Waals surface area (Å²) in [7, 11) is 1.56. The molecule has 5 aromatic rings. The molecule has 6 nitrogen and oxygen atoms in total. The number of aromatic nitrogens is 2. The molecule has 6 heteroatoms. The maximum Gasteiger partial charge on any atom is 0.275 e. The molecule has 5 rings (SSSR count). The second-order valence-corrected chi connectivity index (χ2v) is 8.14. The number of methoxy groups -OCH3 is 1. The van der Waals surface area contributed by atoms with E-state index in [0.717, 1.165) is 44.3 Å². The van der Waals surface area contributed by atoms with E-state index in [1.807, 2.05) is 55.5 Å². The predicted octanol–water partition coefficient (Wildman–Crippen LogP) is 5.57. The number of nitrogens with zero attached hydrogens (tertiary/aromatic N) is 3. The Hall–Kier alpha value is -4.45. The molecule has 34 heavy (non-hydrogen) atoms. The van der Waals surface area contributed by atoms with E-state index in [1.165, 1.54) is 0 Å². The third-order valence-electron chi connectivity index (χ3n) is 6.00. The lowest BCUT2D eigenvalue weighted by molar-refractivity contribution is 0.0952. The zero-order valence-electron chi connectivity index (χ0n) is 19.2. The maximum absolute atomic E-state index is 12.8. The topological polar surface area (TPSA) is 68.5 Å². The predicted molar refractivity (Wildman–Crippen MR) is 136 cm³/mol. The van der Waals surface area contributed by atoms with Gasteiger partial charge >= 0.3 is 0 Å². The number of carbonyl (C=O) groups is 1. The van der Waals surface area contributed by atoms with E-state index in [0.29, 0.717) is 11.3 Å². The summed E-state index contributed by atoms with van der Waals surface area (Å²) in [6.07, 6.45) is 3.47. The van der Waals surface area contributed by atoms with Gasteiger partial charge in [0.15, 0.2) is 0 Å². The summed E-state index contributed by atoms with van der Waals surface area (Å²) in [6.45, 7) is 4.09. The molecule has 0 fully saturated rings. The second kappa shape index (κ2) is 8.83. The Morgan fingerprint density at radius 1 is 0.971 bits per heavy atom. The van der Waals surface area contributed by atoms with Crippen molar-refractivity contribution in [3.63, 3.8) is 0 Å². The van der Waals surface area contributed by atoms with Crippen LogP contribution in [-0.2, 0) is 0 Å². The highest BCUT2D eigenvalue weighted by molar-refractivity contribution is 6.02. The van der Waals surface area contributed by atoms with Crippen molar-refractivity contribution >= 4 is 33.8 Å². The molecule has 0 atom stereocenters. The van der Waals surface area contributed by atoms with Gasteiger partial charge in [-0.15, -0.1) is 0 Å². The van der Waals surface area contributed by atoms with Crippen molar-refractivity contribution in [3.05, 3.63) is 102 Å². The number of pyridine rings is 1. The van der Waals surface area contributed by atoms with Crippen LogP contribution in [0.1, 0.15) is 27.3 Å². The first-order valence-corrected chi connectivity index (χ1v) is 11.0. The van der Waals surface area contributed by atoms with Crippen molar-refractivity contribution in [2.45, 2.75) is 13.8 Å². The van der Waals surface area contributed by atoms with Crippen LogP contribution in [0.15, 0.2) is 84.1 Å². The number of carbonyl (C=O) groups excluding carboxylic acids is 1. The fourth-order valence-corrected chi connectivity index (χ4v) is 4.30. The molecule has 0 unspecified atom stereocenters. The standard InChI is InChI=1S/C28H24N4O2/c1-18-13-23(19(2)32(18)24-10-11-26-22(14-24)9-6-12-29-26)17-30-31-28(33)25-15-20-7-4-5-8-21(20)16-27(25)34-3/h4-17H,1-3H3,(H,31,33)/b30-17-. The maximum atomic E-state index is 12.8. The van der Waals surface area contributed by atoms with E-state index in [1.54, 1.807) is 19.5 Å². The summed E-state index contributed by atoms with van der Waals surface area (Å²) in [5.74, 6) is 0.185. The van der Waals surface area contributed by atoms with Crippen molar-refractivity contribution < 1.29 is 9.53 Å². The third kappa shape index (κ3) is 3.90. The largest absolute Gasteiger partial charge is 0.496 e. The van der Waals surface area contributed by atoms with Crippen LogP contribution >= 0.6 is 0 Å². The minimum Gasteiger partial charge on any atom is -0.496 e. The highest BCUT2D eigenvalue weighted by Gasteiger charge is 2.14. The molecule has 3 aromatic carbocycles. The van der Waals surface area contributed by atoms with Crippen molar-refractivity contribution in [3.8, 4) is 11.4 Å². The Morgan fingerprint density at radius 2 is 1.74 bits per heavy atom. The van der Waals surface area contributed by atoms with E-state index >= 15 is 0 Å². The summed E-state index contributed by atoms with van der Waals surface area (Å²) >= 11 is 0. The van der Waals surface area contributed by atoms with Crippen molar-refractivity contribution in [1.82, 2.24) is 15.0 Å². The zero-order chi connectivity index (χ0) is 23.7. The fourth-order valence-electron chi connectivity index (χ4n) is 4.30. The summed E-state index contributed by atoms with van der Waals surface area (Å²) < 4.78 is 7.61. The highest BCUT2D eigenvalue weighted by atomic mass is 16.5. The van der Waals surface area contributed by atoms with Gasteiger partial charge in [0, 0.05) is 34.2 Å². The number of hydrogen-bond donors (Lipinski definition) is 1. The number of aryl methyl sites for hydroxylation is 1. The van der Waals surface area contributed by atoms with Gasteiger partial charge < -0.3 is 9.30 Å². The van der Waals surface area contributed by atoms with Crippen molar-refractivity contribution in [1.29, 1.82) is 0 Å². The van der Waals surface area contributed by atoms with Gasteiger partial charge in [-0.2, -0.15) is 5.10 Å². The molecule has 1 amide bonds. The first-order valence-electron chi connectivity index (χ1n) is 11.0. The molecule has 0 aliphatic rings. The lowest BCUT2D eigenvalue weighted by Gasteiger charge is -2.10. The van der Waals surface area contributed by atoms with E-state index in [4.69, 9.17) is 4.74 Å². The van der Waals surface area contributed by atoms with Gasteiger partial charge in [0.25, 0.3) is 5.91 Å². The summed E-state index contributed by atoms with van der Waals surface area (Å²) in [5, 5.41) is 7.29. The normalized spacial score (nSPS) is 11.4. The average Bonchev–Trinajstić information content (AvgIpc) is 3.15. The number of benzene rings is 3. The van der Waals surface area contributed by atoms with Crippen LogP contribution in [-0.4, -0.2) is 28.8 Å². The molecule has 168 valence electrons. The molecule has 0 saturated heterocycles. The van der Waals surface area contributed by atoms with E-state index in [2.05, 4.69) is 51.3 Å². The average molecular weight is 449 g/mol. The van der Waals surface area contributed by atoms with Crippen LogP contribution in [0, 0.1) is 13.8 Å². The molecule has 0 radical (unpaired) electrons. The molecule has 0 aliphatic carbocycles. The molecule has 2 heterocycles. The summed E-state index contributed by atoms with van der Waals surface area (Å²) in [6, 6.07) is 23.8. The van der Waals surface area contributed by atoms with Gasteiger partial charge in [-0.05, 0) is 67.1 Å². The van der Waals surface area contributed by atoms with Gasteiger partial charge in [0.1, 0.15) is 5.75 Å². The monoisotopic (exact) mass is 448 g/mol. The lowest BCUT2D eigenvalue weighted by atomic mass is 10.1. The van der Waals surface area contributed by atoms with Crippen molar-refractivity contribution in [2.24, 2.45) is 5.10 Å². The molecule has 0 spiro atoms. The van der Waals surface area contributed by atoms with Crippen LogP contribution in [0.2, 0.25) is 0 Å². The second-order valence-electron chi connectivity index (χ2n) is 8.14. The zero-order valence-corrected chi connectivity index (χ0v) is 19.2. The molecule has 0 bridgehead atoms. The Labute approximate surface area is 197 Å². The number of amides is 1. The highest BCUT2D eigenvalue weighted by Crippen LogP contribution is 2.26. The van der Waals surface area contributed by atoms with Gasteiger partial charge in [-0.1, -0.05) is 30.3 Å². The van der Waals surface area contributed by atoms with Crippen LogP contribution in [0.3, 0.4) is 0 Å². The Morgan fingerprint density at radius 3 is 2.53 bits per heavy atom. The van der Waals surface area contributed by atoms with Crippen LogP contribution in [0.25, 0.3) is 27.4 Å². The number of hydrazone groups is 1. The quantitative estimate of drug-likeness (QED) is 0.282.